The topological polar surface area (TPSA) is 64.3 Å². The molecule has 18 heavy (non-hydrogen) atoms. The van der Waals surface area contributed by atoms with Gasteiger partial charge in [0.2, 0.25) is 5.91 Å². The molecule has 0 aromatic heterocycles. The molecule has 0 radical (unpaired) electrons. The lowest BCUT2D eigenvalue weighted by atomic mass is 10.1. The third-order valence-corrected chi connectivity index (χ3v) is 2.33. The predicted molar refractivity (Wildman–Crippen MR) is 72.0 cm³/mol. The van der Waals surface area contributed by atoms with E-state index < -0.39 is 0 Å². The van der Waals surface area contributed by atoms with E-state index in [0.717, 1.165) is 5.56 Å². The van der Waals surface area contributed by atoms with Crippen LogP contribution in [0.2, 0.25) is 0 Å². The van der Waals surface area contributed by atoms with Gasteiger partial charge < -0.3 is 15.8 Å². The van der Waals surface area contributed by atoms with Crippen molar-refractivity contribution in [1.29, 1.82) is 0 Å². The molecular weight excluding hydrogens is 228 g/mol. The van der Waals surface area contributed by atoms with E-state index in [-0.39, 0.29) is 11.4 Å². The van der Waals surface area contributed by atoms with Gasteiger partial charge in [-0.3, -0.25) is 4.79 Å². The van der Waals surface area contributed by atoms with E-state index in [1.165, 1.54) is 0 Å². The molecule has 0 aliphatic heterocycles. The molecule has 0 saturated heterocycles. The van der Waals surface area contributed by atoms with Crippen LogP contribution in [-0.4, -0.2) is 24.6 Å². The first-order valence-corrected chi connectivity index (χ1v) is 6.15. The van der Waals surface area contributed by atoms with Gasteiger partial charge in [0.25, 0.3) is 0 Å². The second kappa shape index (κ2) is 7.13. The molecule has 0 spiro atoms. The van der Waals surface area contributed by atoms with Crippen molar-refractivity contribution in [2.75, 3.05) is 13.2 Å². The molecule has 0 aliphatic rings. The molecule has 0 bridgehead atoms. The van der Waals surface area contributed by atoms with Gasteiger partial charge in [0.1, 0.15) is 0 Å². The first kappa shape index (κ1) is 14.7. The molecule has 0 aliphatic carbocycles. The minimum absolute atomic E-state index is 0.0263. The number of nitrogens with two attached hydrogens (primary N) is 1. The van der Waals surface area contributed by atoms with E-state index in [2.05, 4.69) is 5.32 Å². The summed E-state index contributed by atoms with van der Waals surface area (Å²) in [5.41, 5.74) is 6.51. The molecular formula is C14H22N2O2. The number of ether oxygens (including phenoxy) is 1. The number of nitrogens with one attached hydrogen (secondary N) is 1. The third-order valence-electron chi connectivity index (χ3n) is 2.33. The van der Waals surface area contributed by atoms with Crippen LogP contribution in [0, 0.1) is 0 Å². The lowest BCUT2D eigenvalue weighted by molar-refractivity contribution is -0.122. The second-order valence-corrected chi connectivity index (χ2v) is 5.05. The minimum Gasteiger partial charge on any atom is -0.376 e. The van der Waals surface area contributed by atoms with Crippen LogP contribution in [0.5, 0.6) is 0 Å². The van der Waals surface area contributed by atoms with Gasteiger partial charge in [-0.15, -0.1) is 0 Å². The monoisotopic (exact) mass is 250 g/mol. The second-order valence-electron chi connectivity index (χ2n) is 5.05. The average molecular weight is 250 g/mol. The summed E-state index contributed by atoms with van der Waals surface area (Å²) >= 11 is 0. The molecule has 1 amide bonds. The number of benzene rings is 1. The zero-order valence-electron chi connectivity index (χ0n) is 11.1. The molecule has 4 nitrogen and oxygen atoms in total. The Balaban J connectivity index is 2.09. The summed E-state index contributed by atoms with van der Waals surface area (Å²) in [6.45, 7) is 5.19. The summed E-state index contributed by atoms with van der Waals surface area (Å²) in [6.07, 6.45) is 0.364. The molecule has 0 atom stereocenters. The lowest BCUT2D eigenvalue weighted by Gasteiger charge is -2.18. The number of hydrogen-bond donors (Lipinski definition) is 2. The van der Waals surface area contributed by atoms with Crippen molar-refractivity contribution in [3.8, 4) is 0 Å². The maximum absolute atomic E-state index is 11.5. The largest absolute Gasteiger partial charge is 0.376 e. The highest BCUT2D eigenvalue weighted by Gasteiger charge is 2.11. The maximum Gasteiger partial charge on any atom is 0.222 e. The van der Waals surface area contributed by atoms with Crippen LogP contribution in [0.15, 0.2) is 30.3 Å². The van der Waals surface area contributed by atoms with Crippen molar-refractivity contribution >= 4 is 5.91 Å². The van der Waals surface area contributed by atoms with Crippen molar-refractivity contribution in [2.45, 2.75) is 32.4 Å². The third kappa shape index (κ3) is 7.04. The molecule has 3 N–H and O–H groups in total. The van der Waals surface area contributed by atoms with Crippen LogP contribution >= 0.6 is 0 Å². The van der Waals surface area contributed by atoms with Gasteiger partial charge >= 0.3 is 0 Å². The minimum atomic E-state index is -0.374. The van der Waals surface area contributed by atoms with Crippen molar-refractivity contribution in [2.24, 2.45) is 5.73 Å². The Morgan fingerprint density at radius 3 is 2.61 bits per heavy atom. The lowest BCUT2D eigenvalue weighted by Crippen LogP contribution is -2.45. The van der Waals surface area contributed by atoms with E-state index in [4.69, 9.17) is 10.5 Å². The SMILES string of the molecule is CC(C)(N)CNC(=O)CCOCc1ccccc1. The summed E-state index contributed by atoms with van der Waals surface area (Å²) < 4.78 is 5.43. The Labute approximate surface area is 109 Å². The Hall–Kier alpha value is -1.39. The molecule has 0 saturated carbocycles. The van der Waals surface area contributed by atoms with Gasteiger partial charge in [0, 0.05) is 18.5 Å². The van der Waals surface area contributed by atoms with Gasteiger partial charge in [-0.2, -0.15) is 0 Å². The number of hydrogen-bond acceptors (Lipinski definition) is 3. The van der Waals surface area contributed by atoms with Crippen LogP contribution in [0.3, 0.4) is 0 Å². The molecule has 0 fully saturated rings. The smallest absolute Gasteiger partial charge is 0.222 e. The number of carbonyl (C=O) groups is 1. The van der Waals surface area contributed by atoms with E-state index >= 15 is 0 Å². The molecule has 0 heterocycles. The van der Waals surface area contributed by atoms with E-state index in [0.29, 0.717) is 26.2 Å². The molecule has 100 valence electrons. The first-order chi connectivity index (χ1) is 8.47. The zero-order valence-corrected chi connectivity index (χ0v) is 11.1. The molecule has 0 unspecified atom stereocenters. The van der Waals surface area contributed by atoms with Gasteiger partial charge in [-0.1, -0.05) is 30.3 Å². The average Bonchev–Trinajstić information content (AvgIpc) is 2.33. The zero-order chi connectivity index (χ0) is 13.4. The summed E-state index contributed by atoms with van der Waals surface area (Å²) in [7, 11) is 0. The highest BCUT2D eigenvalue weighted by atomic mass is 16.5. The van der Waals surface area contributed by atoms with Gasteiger partial charge in [0.05, 0.1) is 13.2 Å². The van der Waals surface area contributed by atoms with Crippen molar-refractivity contribution < 1.29 is 9.53 Å². The number of amides is 1. The molecule has 1 aromatic carbocycles. The summed E-state index contributed by atoms with van der Waals surface area (Å²) in [5, 5.41) is 2.78. The van der Waals surface area contributed by atoms with E-state index in [9.17, 15) is 4.79 Å². The standard InChI is InChI=1S/C14H22N2O2/c1-14(2,15)11-16-13(17)8-9-18-10-12-6-4-3-5-7-12/h3-7H,8-11,15H2,1-2H3,(H,16,17). The number of carbonyl (C=O) groups excluding carboxylic acids is 1. The van der Waals surface area contributed by atoms with Crippen LogP contribution in [0.25, 0.3) is 0 Å². The fraction of sp³-hybridized carbons (Fsp3) is 0.500. The fourth-order valence-corrected chi connectivity index (χ4v) is 1.34. The fourth-order valence-electron chi connectivity index (χ4n) is 1.34. The molecule has 1 aromatic rings. The van der Waals surface area contributed by atoms with Crippen LogP contribution in [-0.2, 0) is 16.1 Å². The van der Waals surface area contributed by atoms with E-state index in [1.807, 2.05) is 44.2 Å². The maximum atomic E-state index is 11.5. The Kier molecular flexibility index (Phi) is 5.82. The first-order valence-electron chi connectivity index (χ1n) is 6.15. The summed E-state index contributed by atoms with van der Waals surface area (Å²) in [5.74, 6) is -0.0263. The normalized spacial score (nSPS) is 11.3. The Morgan fingerprint density at radius 1 is 1.33 bits per heavy atom. The predicted octanol–water partition coefficient (Wildman–Crippen LogP) is 1.45. The van der Waals surface area contributed by atoms with Crippen LogP contribution < -0.4 is 11.1 Å². The summed E-state index contributed by atoms with van der Waals surface area (Å²) in [6, 6.07) is 9.89. The highest BCUT2D eigenvalue weighted by Crippen LogP contribution is 2.00. The Morgan fingerprint density at radius 2 is 2.00 bits per heavy atom. The quantitative estimate of drug-likeness (QED) is 0.720. The molecule has 1 rings (SSSR count). The van der Waals surface area contributed by atoms with Gasteiger partial charge in [-0.05, 0) is 19.4 Å². The van der Waals surface area contributed by atoms with Crippen molar-refractivity contribution in [3.63, 3.8) is 0 Å². The summed E-state index contributed by atoms with van der Waals surface area (Å²) in [4.78, 5) is 11.5. The van der Waals surface area contributed by atoms with Crippen molar-refractivity contribution in [3.05, 3.63) is 35.9 Å². The van der Waals surface area contributed by atoms with Crippen LogP contribution in [0.4, 0.5) is 0 Å². The highest BCUT2D eigenvalue weighted by molar-refractivity contribution is 5.76. The number of rotatable bonds is 7. The van der Waals surface area contributed by atoms with Gasteiger partial charge in [-0.25, -0.2) is 0 Å². The van der Waals surface area contributed by atoms with Gasteiger partial charge in [0.15, 0.2) is 0 Å². The van der Waals surface area contributed by atoms with E-state index in [1.54, 1.807) is 0 Å². The molecule has 4 heteroatoms. The van der Waals surface area contributed by atoms with Crippen LogP contribution in [0.1, 0.15) is 25.8 Å². The Bertz CT molecular complexity index is 358. The van der Waals surface area contributed by atoms with Crippen molar-refractivity contribution in [1.82, 2.24) is 5.32 Å².